The molecule has 1 heteroatoms. The summed E-state index contributed by atoms with van der Waals surface area (Å²) in [5.41, 5.74) is 0. The van der Waals surface area contributed by atoms with Crippen LogP contribution in [0.5, 0.6) is 0 Å². The molecule has 2 aliphatic carbocycles. The topological polar surface area (TPSA) is 0 Å². The van der Waals surface area contributed by atoms with Gasteiger partial charge in [0.05, 0.1) is 0 Å². The van der Waals surface area contributed by atoms with Crippen LogP contribution < -0.4 is 0 Å². The number of hydrogen-bond acceptors (Lipinski definition) is 0. The first-order valence-corrected chi connectivity index (χ1v) is 6.72. The molecule has 2 saturated carbocycles. The van der Waals surface area contributed by atoms with Crippen molar-refractivity contribution in [3.05, 3.63) is 0 Å². The van der Waals surface area contributed by atoms with Crippen LogP contribution in [0.3, 0.4) is 0 Å². The normalized spacial score (nSPS) is 42.2. The second-order valence-corrected chi connectivity index (χ2v) is 6.77. The van der Waals surface area contributed by atoms with Gasteiger partial charge in [-0.05, 0) is 49.4 Å². The van der Waals surface area contributed by atoms with Crippen molar-refractivity contribution in [2.45, 2.75) is 50.8 Å². The van der Waals surface area contributed by atoms with E-state index < -0.39 is 0 Å². The summed E-state index contributed by atoms with van der Waals surface area (Å²) < 4.78 is 0. The van der Waals surface area contributed by atoms with E-state index in [4.69, 9.17) is 0 Å². The van der Waals surface area contributed by atoms with Gasteiger partial charge in [-0.1, -0.05) is 36.2 Å². The maximum atomic E-state index is 3.70. The van der Waals surface area contributed by atoms with Gasteiger partial charge in [0.2, 0.25) is 0 Å². The molecule has 0 saturated heterocycles. The van der Waals surface area contributed by atoms with Crippen molar-refractivity contribution < 1.29 is 0 Å². The highest BCUT2D eigenvalue weighted by atomic mass is 79.9. The first-order valence-electron chi connectivity index (χ1n) is 5.81. The summed E-state index contributed by atoms with van der Waals surface area (Å²) in [5.74, 6) is 4.17. The molecular weight excluding hydrogens is 224 g/mol. The Morgan fingerprint density at radius 3 is 2.46 bits per heavy atom. The van der Waals surface area contributed by atoms with Crippen molar-refractivity contribution in [1.82, 2.24) is 0 Å². The first kappa shape index (κ1) is 10.0. The third-order valence-electron chi connectivity index (χ3n) is 4.34. The minimum Gasteiger partial charge on any atom is -0.0891 e. The largest absolute Gasteiger partial charge is 0.0891 e. The predicted octanol–water partition coefficient (Wildman–Crippen LogP) is 4.23. The summed E-state index contributed by atoms with van der Waals surface area (Å²) in [6.07, 6.45) is 7.66. The lowest BCUT2D eigenvalue weighted by molar-refractivity contribution is 0.276. The Labute approximate surface area is 90.6 Å². The Morgan fingerprint density at radius 1 is 1.23 bits per heavy atom. The average Bonchev–Trinajstić information content (AvgIpc) is 2.64. The molecule has 0 spiro atoms. The molecule has 0 aliphatic heterocycles. The van der Waals surface area contributed by atoms with E-state index in [0.29, 0.717) is 4.83 Å². The molecule has 0 amide bonds. The van der Waals surface area contributed by atoms with E-state index in [-0.39, 0.29) is 0 Å². The molecule has 0 N–H and O–H groups in total. The molecule has 5 unspecified atom stereocenters. The molecule has 0 radical (unpaired) electrons. The molecule has 0 aromatic carbocycles. The zero-order valence-corrected chi connectivity index (χ0v) is 10.4. The van der Waals surface area contributed by atoms with Crippen molar-refractivity contribution in [3.8, 4) is 0 Å². The van der Waals surface area contributed by atoms with Gasteiger partial charge in [0.15, 0.2) is 0 Å². The van der Waals surface area contributed by atoms with E-state index in [2.05, 4.69) is 29.8 Å². The predicted molar refractivity (Wildman–Crippen MR) is 61.1 cm³/mol. The fourth-order valence-electron chi connectivity index (χ4n) is 3.33. The van der Waals surface area contributed by atoms with E-state index in [1.54, 1.807) is 25.7 Å². The summed E-state index contributed by atoms with van der Waals surface area (Å²) >= 11 is 3.70. The Morgan fingerprint density at radius 2 is 2.00 bits per heavy atom. The highest BCUT2D eigenvalue weighted by Gasteiger charge is 2.39. The number of halogens is 1. The number of hydrogen-bond donors (Lipinski definition) is 0. The molecule has 2 aliphatic rings. The molecule has 2 bridgehead atoms. The van der Waals surface area contributed by atoms with Gasteiger partial charge in [0, 0.05) is 4.83 Å². The lowest BCUT2D eigenvalue weighted by Gasteiger charge is -2.25. The molecule has 2 fully saturated rings. The third kappa shape index (κ3) is 2.11. The van der Waals surface area contributed by atoms with Crippen LogP contribution in [0.2, 0.25) is 0 Å². The molecule has 2 rings (SSSR count). The summed E-state index contributed by atoms with van der Waals surface area (Å²) in [4.78, 5) is 0.701. The number of rotatable bonds is 3. The van der Waals surface area contributed by atoms with Crippen LogP contribution >= 0.6 is 15.9 Å². The Hall–Kier alpha value is 0.480. The fourth-order valence-corrected chi connectivity index (χ4v) is 3.55. The van der Waals surface area contributed by atoms with E-state index in [1.165, 1.54) is 6.42 Å². The molecule has 0 heterocycles. The standard InChI is InChI=1S/C12H21Br/c1-8(9(2)13)5-12-7-10-3-4-11(12)6-10/h8-12H,3-7H2,1-2H3. The average molecular weight is 245 g/mol. The van der Waals surface area contributed by atoms with Crippen LogP contribution in [-0.2, 0) is 0 Å². The Balaban J connectivity index is 1.83. The number of alkyl halides is 1. The second kappa shape index (κ2) is 3.92. The summed E-state index contributed by atoms with van der Waals surface area (Å²) in [7, 11) is 0. The monoisotopic (exact) mass is 244 g/mol. The van der Waals surface area contributed by atoms with Crippen LogP contribution in [0.1, 0.15) is 46.0 Å². The molecule has 13 heavy (non-hydrogen) atoms. The van der Waals surface area contributed by atoms with Crippen LogP contribution in [0.25, 0.3) is 0 Å². The minimum absolute atomic E-state index is 0.701. The van der Waals surface area contributed by atoms with Crippen molar-refractivity contribution in [3.63, 3.8) is 0 Å². The number of fused-ring (bicyclic) bond motifs is 2. The highest BCUT2D eigenvalue weighted by molar-refractivity contribution is 9.09. The van der Waals surface area contributed by atoms with E-state index in [1.807, 2.05) is 0 Å². The van der Waals surface area contributed by atoms with Gasteiger partial charge in [-0.3, -0.25) is 0 Å². The van der Waals surface area contributed by atoms with E-state index in [9.17, 15) is 0 Å². The minimum atomic E-state index is 0.701. The summed E-state index contributed by atoms with van der Waals surface area (Å²) in [6, 6.07) is 0. The summed E-state index contributed by atoms with van der Waals surface area (Å²) in [5, 5.41) is 0. The first-order chi connectivity index (χ1) is 6.16. The zero-order chi connectivity index (χ0) is 9.42. The van der Waals surface area contributed by atoms with E-state index >= 15 is 0 Å². The van der Waals surface area contributed by atoms with Gasteiger partial charge in [0.1, 0.15) is 0 Å². The molecule has 76 valence electrons. The molecule has 5 atom stereocenters. The zero-order valence-electron chi connectivity index (χ0n) is 8.80. The lowest BCUT2D eigenvalue weighted by atomic mass is 9.82. The lowest BCUT2D eigenvalue weighted by Crippen LogP contribution is -2.17. The van der Waals surface area contributed by atoms with Crippen molar-refractivity contribution in [1.29, 1.82) is 0 Å². The van der Waals surface area contributed by atoms with Crippen LogP contribution in [0.15, 0.2) is 0 Å². The molecule has 0 aromatic rings. The van der Waals surface area contributed by atoms with Crippen LogP contribution in [0, 0.1) is 23.7 Å². The Kier molecular flexibility index (Phi) is 3.02. The van der Waals surface area contributed by atoms with Gasteiger partial charge in [0.25, 0.3) is 0 Å². The maximum Gasteiger partial charge on any atom is 0.0143 e. The quantitative estimate of drug-likeness (QED) is 0.652. The van der Waals surface area contributed by atoms with Gasteiger partial charge >= 0.3 is 0 Å². The highest BCUT2D eigenvalue weighted by Crippen LogP contribution is 2.50. The van der Waals surface area contributed by atoms with Crippen LogP contribution in [0.4, 0.5) is 0 Å². The molecule has 0 aromatic heterocycles. The van der Waals surface area contributed by atoms with Crippen LogP contribution in [-0.4, -0.2) is 4.83 Å². The maximum absolute atomic E-state index is 3.70. The van der Waals surface area contributed by atoms with Crippen molar-refractivity contribution in [2.75, 3.05) is 0 Å². The smallest absolute Gasteiger partial charge is 0.0143 e. The van der Waals surface area contributed by atoms with Crippen molar-refractivity contribution >= 4 is 15.9 Å². The van der Waals surface area contributed by atoms with Gasteiger partial charge in [-0.25, -0.2) is 0 Å². The second-order valence-electron chi connectivity index (χ2n) is 5.33. The fraction of sp³-hybridized carbons (Fsp3) is 1.00. The summed E-state index contributed by atoms with van der Waals surface area (Å²) in [6.45, 7) is 4.68. The van der Waals surface area contributed by atoms with E-state index in [0.717, 1.165) is 23.7 Å². The van der Waals surface area contributed by atoms with Gasteiger partial charge in [-0.2, -0.15) is 0 Å². The SMILES string of the molecule is CC(Br)C(C)CC1CC2CCC1C2. The third-order valence-corrected chi connectivity index (χ3v) is 5.25. The van der Waals surface area contributed by atoms with Gasteiger partial charge < -0.3 is 0 Å². The Bertz CT molecular complexity index is 176. The molecular formula is C12H21Br. The van der Waals surface area contributed by atoms with Gasteiger partial charge in [-0.15, -0.1) is 0 Å². The van der Waals surface area contributed by atoms with Crippen molar-refractivity contribution in [2.24, 2.45) is 23.7 Å². The molecule has 0 nitrogen and oxygen atoms in total.